The summed E-state index contributed by atoms with van der Waals surface area (Å²) in [7, 11) is 0. The lowest BCUT2D eigenvalue weighted by Crippen LogP contribution is -2.28. The number of nitrogens with zero attached hydrogens (tertiary/aromatic N) is 1. The normalized spacial score (nSPS) is 10.4. The summed E-state index contributed by atoms with van der Waals surface area (Å²) in [6.45, 7) is 2.76. The third-order valence-electron chi connectivity index (χ3n) is 4.53. The molecule has 3 aromatic rings. The average Bonchev–Trinajstić information content (AvgIpc) is 2.74. The molecule has 2 N–H and O–H groups in total. The van der Waals surface area contributed by atoms with Gasteiger partial charge in [0.15, 0.2) is 0 Å². The first-order valence-electron chi connectivity index (χ1n) is 9.35. The monoisotopic (exact) mass is 391 g/mol. The summed E-state index contributed by atoms with van der Waals surface area (Å²) in [5.74, 6) is -0.991. The molecule has 0 fully saturated rings. The van der Waals surface area contributed by atoms with Gasteiger partial charge in [0, 0.05) is 13.1 Å². The van der Waals surface area contributed by atoms with Gasteiger partial charge in [-0.2, -0.15) is 0 Å². The Morgan fingerprint density at radius 2 is 1.52 bits per heavy atom. The van der Waals surface area contributed by atoms with Gasteiger partial charge in [-0.15, -0.1) is 0 Å². The molecule has 6 heteroatoms. The van der Waals surface area contributed by atoms with Crippen LogP contribution in [0.5, 0.6) is 0 Å². The maximum atomic E-state index is 12.9. The van der Waals surface area contributed by atoms with Crippen LogP contribution in [0.3, 0.4) is 0 Å². The van der Waals surface area contributed by atoms with Gasteiger partial charge in [0.05, 0.1) is 0 Å². The maximum Gasteiger partial charge on any atom is 0.270 e. The van der Waals surface area contributed by atoms with Crippen LogP contribution in [-0.2, 0) is 13.0 Å². The van der Waals surface area contributed by atoms with Crippen molar-refractivity contribution in [2.45, 2.75) is 19.9 Å². The van der Waals surface area contributed by atoms with Gasteiger partial charge >= 0.3 is 0 Å². The van der Waals surface area contributed by atoms with Crippen molar-refractivity contribution in [2.24, 2.45) is 0 Å². The quantitative estimate of drug-likeness (QED) is 0.648. The highest BCUT2D eigenvalue weighted by Gasteiger charge is 2.12. The lowest BCUT2D eigenvalue weighted by atomic mass is 10.1. The molecule has 3 rings (SSSR count). The molecule has 0 saturated carbocycles. The number of aryl methyl sites for hydroxylation is 1. The largest absolute Gasteiger partial charge is 0.350 e. The summed E-state index contributed by atoms with van der Waals surface area (Å²) in [4.78, 5) is 28.9. The molecule has 1 aromatic heterocycles. The van der Waals surface area contributed by atoms with Crippen LogP contribution in [0.1, 0.15) is 37.7 Å². The number of nitrogens with one attached hydrogen (secondary N) is 2. The molecule has 0 unspecified atom stereocenters. The fraction of sp³-hybridized carbons (Fsp3) is 0.174. The number of carbonyl (C=O) groups is 2. The van der Waals surface area contributed by atoms with Crippen LogP contribution in [0.2, 0.25) is 0 Å². The van der Waals surface area contributed by atoms with Crippen molar-refractivity contribution in [1.29, 1.82) is 0 Å². The molecular weight excluding hydrogens is 369 g/mol. The fourth-order valence-electron chi connectivity index (χ4n) is 2.82. The van der Waals surface area contributed by atoms with E-state index in [4.69, 9.17) is 0 Å². The van der Waals surface area contributed by atoms with Gasteiger partial charge < -0.3 is 10.6 Å². The molecular formula is C23H22FN3O2. The van der Waals surface area contributed by atoms with Gasteiger partial charge in [0.2, 0.25) is 0 Å². The Hall–Kier alpha value is -3.54. The Balaban J connectivity index is 1.55. The number of halogens is 1. The van der Waals surface area contributed by atoms with E-state index in [0.29, 0.717) is 19.5 Å². The second kappa shape index (κ2) is 9.59. The van der Waals surface area contributed by atoms with E-state index >= 15 is 0 Å². The minimum absolute atomic E-state index is 0.174. The molecule has 0 radical (unpaired) electrons. The van der Waals surface area contributed by atoms with Gasteiger partial charge in [0.1, 0.15) is 17.2 Å². The molecule has 0 bridgehead atoms. The lowest BCUT2D eigenvalue weighted by molar-refractivity contribution is 0.0943. The molecule has 5 nitrogen and oxygen atoms in total. The van der Waals surface area contributed by atoms with Gasteiger partial charge in [-0.1, -0.05) is 42.5 Å². The Kier molecular flexibility index (Phi) is 6.68. The fourth-order valence-corrected chi connectivity index (χ4v) is 2.82. The number of aromatic nitrogens is 1. The highest BCUT2D eigenvalue weighted by molar-refractivity contribution is 5.96. The molecule has 0 aliphatic heterocycles. The van der Waals surface area contributed by atoms with Crippen LogP contribution in [0.4, 0.5) is 4.39 Å². The molecule has 0 spiro atoms. The van der Waals surface area contributed by atoms with E-state index < -0.39 is 0 Å². The summed E-state index contributed by atoms with van der Waals surface area (Å²) in [6, 6.07) is 18.7. The van der Waals surface area contributed by atoms with Crippen molar-refractivity contribution in [1.82, 2.24) is 15.6 Å². The lowest BCUT2D eigenvalue weighted by Gasteiger charge is -2.09. The smallest absolute Gasteiger partial charge is 0.270 e. The highest BCUT2D eigenvalue weighted by atomic mass is 19.1. The Morgan fingerprint density at radius 3 is 2.21 bits per heavy atom. The van der Waals surface area contributed by atoms with Crippen molar-refractivity contribution >= 4 is 11.8 Å². The molecule has 0 atom stereocenters. The number of pyridine rings is 1. The first kappa shape index (κ1) is 20.2. The van der Waals surface area contributed by atoms with E-state index in [2.05, 4.69) is 15.6 Å². The van der Waals surface area contributed by atoms with Crippen LogP contribution in [0, 0.1) is 12.7 Å². The van der Waals surface area contributed by atoms with Crippen LogP contribution in [-0.4, -0.2) is 23.3 Å². The minimum atomic E-state index is -0.360. The molecule has 29 heavy (non-hydrogen) atoms. The van der Waals surface area contributed by atoms with Crippen molar-refractivity contribution in [3.63, 3.8) is 0 Å². The molecule has 2 amide bonds. The Bertz CT molecular complexity index is 1000. The van der Waals surface area contributed by atoms with Gasteiger partial charge in [-0.25, -0.2) is 9.37 Å². The van der Waals surface area contributed by atoms with E-state index in [1.807, 2.05) is 31.2 Å². The zero-order chi connectivity index (χ0) is 20.6. The third kappa shape index (κ3) is 5.72. The summed E-state index contributed by atoms with van der Waals surface area (Å²) in [5, 5.41) is 5.59. The number of hydrogen-bond acceptors (Lipinski definition) is 3. The van der Waals surface area contributed by atoms with E-state index in [1.165, 1.54) is 12.1 Å². The van der Waals surface area contributed by atoms with E-state index in [-0.39, 0.29) is 29.0 Å². The van der Waals surface area contributed by atoms with Gasteiger partial charge in [0.25, 0.3) is 11.8 Å². The molecule has 1 heterocycles. The standard InChI is InChI=1S/C23H22FN3O2/c1-16-5-2-3-6-18(16)15-26-23(29)21-8-4-7-20(27-21)22(28)25-14-13-17-9-11-19(24)12-10-17/h2-12H,13-15H2,1H3,(H,25,28)(H,26,29). The number of carbonyl (C=O) groups excluding carboxylic acids is 2. The Morgan fingerprint density at radius 1 is 0.862 bits per heavy atom. The number of amides is 2. The molecule has 148 valence electrons. The zero-order valence-electron chi connectivity index (χ0n) is 16.1. The molecule has 0 aliphatic rings. The average molecular weight is 391 g/mol. The second-order valence-corrected chi connectivity index (χ2v) is 6.65. The predicted octanol–water partition coefficient (Wildman–Crippen LogP) is 3.43. The number of hydrogen-bond donors (Lipinski definition) is 2. The zero-order valence-corrected chi connectivity index (χ0v) is 16.1. The van der Waals surface area contributed by atoms with Crippen LogP contribution < -0.4 is 10.6 Å². The third-order valence-corrected chi connectivity index (χ3v) is 4.53. The van der Waals surface area contributed by atoms with Crippen LogP contribution >= 0.6 is 0 Å². The SMILES string of the molecule is Cc1ccccc1CNC(=O)c1cccc(C(=O)NCCc2ccc(F)cc2)n1. The summed E-state index contributed by atoms with van der Waals surface area (Å²) in [6.07, 6.45) is 0.572. The Labute approximate surface area is 169 Å². The predicted molar refractivity (Wildman–Crippen MR) is 109 cm³/mol. The van der Waals surface area contributed by atoms with E-state index in [9.17, 15) is 14.0 Å². The van der Waals surface area contributed by atoms with Crippen LogP contribution in [0.25, 0.3) is 0 Å². The topological polar surface area (TPSA) is 71.1 Å². The van der Waals surface area contributed by atoms with Gasteiger partial charge in [-0.05, 0) is 54.3 Å². The summed E-state index contributed by atoms with van der Waals surface area (Å²) in [5.41, 5.74) is 3.40. The van der Waals surface area contributed by atoms with Crippen molar-refractivity contribution in [3.05, 3.63) is 101 Å². The summed E-state index contributed by atoms with van der Waals surface area (Å²) < 4.78 is 12.9. The minimum Gasteiger partial charge on any atom is -0.350 e. The van der Waals surface area contributed by atoms with E-state index in [1.54, 1.807) is 30.3 Å². The molecule has 0 saturated heterocycles. The highest BCUT2D eigenvalue weighted by Crippen LogP contribution is 2.07. The van der Waals surface area contributed by atoms with Crippen molar-refractivity contribution in [3.8, 4) is 0 Å². The van der Waals surface area contributed by atoms with E-state index in [0.717, 1.165) is 16.7 Å². The van der Waals surface area contributed by atoms with Gasteiger partial charge in [-0.3, -0.25) is 9.59 Å². The number of rotatable bonds is 7. The number of benzene rings is 2. The van der Waals surface area contributed by atoms with Crippen LogP contribution in [0.15, 0.2) is 66.7 Å². The molecule has 2 aromatic carbocycles. The first-order valence-corrected chi connectivity index (χ1v) is 9.35. The maximum absolute atomic E-state index is 12.9. The van der Waals surface area contributed by atoms with Crippen molar-refractivity contribution in [2.75, 3.05) is 6.54 Å². The van der Waals surface area contributed by atoms with Crippen molar-refractivity contribution < 1.29 is 14.0 Å². The molecule has 0 aliphatic carbocycles. The first-order chi connectivity index (χ1) is 14.0. The second-order valence-electron chi connectivity index (χ2n) is 6.65. The summed E-state index contributed by atoms with van der Waals surface area (Å²) >= 11 is 0.